The van der Waals surface area contributed by atoms with Gasteiger partial charge in [0.25, 0.3) is 5.91 Å². The molecule has 8 heteroatoms. The highest BCUT2D eigenvalue weighted by Gasteiger charge is 2.36. The normalized spacial score (nSPS) is 17.6. The van der Waals surface area contributed by atoms with Crippen molar-refractivity contribution in [2.24, 2.45) is 0 Å². The van der Waals surface area contributed by atoms with Crippen LogP contribution in [0.25, 0.3) is 0 Å². The van der Waals surface area contributed by atoms with Crippen LogP contribution in [0.1, 0.15) is 33.7 Å². The van der Waals surface area contributed by atoms with E-state index >= 15 is 0 Å². The van der Waals surface area contributed by atoms with E-state index in [-0.39, 0.29) is 36.9 Å². The van der Waals surface area contributed by atoms with Gasteiger partial charge in [-0.1, -0.05) is 18.2 Å². The van der Waals surface area contributed by atoms with Crippen molar-refractivity contribution in [1.29, 1.82) is 0 Å². The van der Waals surface area contributed by atoms with Gasteiger partial charge in [0, 0.05) is 19.5 Å². The standard InChI is InChI=1S/C18H17F3N2O3/c1-11-14(6-7-26-11)17(25)22-13-8-16(24)23(10-13)9-12-4-2-3-5-15(12)18(19,20)21/h2-7,13H,8-10H2,1H3,(H,22,25). The number of alkyl halides is 3. The van der Waals surface area contributed by atoms with Gasteiger partial charge in [0.15, 0.2) is 0 Å². The van der Waals surface area contributed by atoms with Crippen LogP contribution in [-0.4, -0.2) is 29.3 Å². The number of likely N-dealkylation sites (tertiary alicyclic amines) is 1. The number of benzene rings is 1. The summed E-state index contributed by atoms with van der Waals surface area (Å²) < 4.78 is 44.4. The van der Waals surface area contributed by atoms with Gasteiger partial charge < -0.3 is 14.6 Å². The van der Waals surface area contributed by atoms with Crippen LogP contribution in [0.4, 0.5) is 13.2 Å². The fraction of sp³-hybridized carbons (Fsp3) is 0.333. The van der Waals surface area contributed by atoms with E-state index in [9.17, 15) is 22.8 Å². The van der Waals surface area contributed by atoms with Gasteiger partial charge in [0.1, 0.15) is 5.76 Å². The maximum Gasteiger partial charge on any atom is 0.416 e. The Bertz CT molecular complexity index is 829. The molecule has 0 radical (unpaired) electrons. The Morgan fingerprint density at radius 2 is 2.04 bits per heavy atom. The first-order valence-electron chi connectivity index (χ1n) is 8.03. The summed E-state index contributed by atoms with van der Waals surface area (Å²) in [6, 6.07) is 6.25. The zero-order valence-corrected chi connectivity index (χ0v) is 14.0. The molecule has 1 aliphatic heterocycles. The van der Waals surface area contributed by atoms with Crippen molar-refractivity contribution < 1.29 is 27.2 Å². The minimum absolute atomic E-state index is 0.0333. The van der Waals surface area contributed by atoms with E-state index < -0.39 is 17.8 Å². The first-order valence-corrected chi connectivity index (χ1v) is 8.03. The minimum Gasteiger partial charge on any atom is -0.469 e. The number of nitrogens with one attached hydrogen (secondary N) is 1. The summed E-state index contributed by atoms with van der Waals surface area (Å²) in [5.74, 6) is -0.203. The Morgan fingerprint density at radius 3 is 2.69 bits per heavy atom. The van der Waals surface area contributed by atoms with Crippen LogP contribution in [0.3, 0.4) is 0 Å². The van der Waals surface area contributed by atoms with Gasteiger partial charge in [-0.25, -0.2) is 0 Å². The average Bonchev–Trinajstić information content (AvgIpc) is 3.13. The summed E-state index contributed by atoms with van der Waals surface area (Å²) in [4.78, 5) is 25.7. The van der Waals surface area contributed by atoms with Crippen LogP contribution < -0.4 is 5.32 Å². The maximum atomic E-state index is 13.1. The highest BCUT2D eigenvalue weighted by molar-refractivity contribution is 5.95. The molecule has 0 aliphatic carbocycles. The van der Waals surface area contributed by atoms with Crippen molar-refractivity contribution in [2.45, 2.75) is 32.1 Å². The van der Waals surface area contributed by atoms with Crippen molar-refractivity contribution in [3.05, 3.63) is 59.0 Å². The summed E-state index contributed by atoms with van der Waals surface area (Å²) in [6.45, 7) is 1.66. The molecule has 1 aliphatic rings. The summed E-state index contributed by atoms with van der Waals surface area (Å²) in [5.41, 5.74) is -0.348. The highest BCUT2D eigenvalue weighted by Crippen LogP contribution is 2.32. The van der Waals surface area contributed by atoms with Gasteiger partial charge in [-0.3, -0.25) is 9.59 Å². The van der Waals surface area contributed by atoms with E-state index in [1.54, 1.807) is 6.92 Å². The first-order chi connectivity index (χ1) is 12.3. The fourth-order valence-corrected chi connectivity index (χ4v) is 3.05. The Kier molecular flexibility index (Phi) is 4.76. The molecule has 1 saturated heterocycles. The molecule has 1 N–H and O–H groups in total. The minimum atomic E-state index is -4.48. The molecule has 3 rings (SSSR count). The number of hydrogen-bond donors (Lipinski definition) is 1. The maximum absolute atomic E-state index is 13.1. The highest BCUT2D eigenvalue weighted by atomic mass is 19.4. The van der Waals surface area contributed by atoms with Crippen molar-refractivity contribution in [3.8, 4) is 0 Å². The van der Waals surface area contributed by atoms with Crippen molar-refractivity contribution >= 4 is 11.8 Å². The number of carbonyl (C=O) groups excluding carboxylic acids is 2. The second kappa shape index (κ2) is 6.86. The van der Waals surface area contributed by atoms with Gasteiger partial charge in [0.2, 0.25) is 5.91 Å². The van der Waals surface area contributed by atoms with Crippen LogP contribution in [0.2, 0.25) is 0 Å². The molecule has 0 bridgehead atoms. The van der Waals surface area contributed by atoms with Crippen molar-refractivity contribution in [2.75, 3.05) is 6.54 Å². The van der Waals surface area contributed by atoms with E-state index in [0.717, 1.165) is 6.07 Å². The van der Waals surface area contributed by atoms with Gasteiger partial charge in [-0.15, -0.1) is 0 Å². The molecule has 2 amide bonds. The van der Waals surface area contributed by atoms with E-state index in [4.69, 9.17) is 4.42 Å². The Balaban J connectivity index is 1.68. The van der Waals surface area contributed by atoms with Crippen LogP contribution in [0.15, 0.2) is 41.0 Å². The van der Waals surface area contributed by atoms with Crippen LogP contribution in [0.5, 0.6) is 0 Å². The predicted molar refractivity (Wildman–Crippen MR) is 86.2 cm³/mol. The monoisotopic (exact) mass is 366 g/mol. The fourth-order valence-electron chi connectivity index (χ4n) is 3.05. The molecule has 0 saturated carbocycles. The van der Waals surface area contributed by atoms with E-state index in [2.05, 4.69) is 5.32 Å². The Labute approximate surface area is 147 Å². The lowest BCUT2D eigenvalue weighted by Gasteiger charge is -2.20. The quantitative estimate of drug-likeness (QED) is 0.904. The summed E-state index contributed by atoms with van der Waals surface area (Å²) >= 11 is 0. The zero-order chi connectivity index (χ0) is 18.9. The van der Waals surface area contributed by atoms with E-state index in [0.29, 0.717) is 11.3 Å². The predicted octanol–water partition coefficient (Wildman–Crippen LogP) is 3.14. The molecule has 5 nitrogen and oxygen atoms in total. The smallest absolute Gasteiger partial charge is 0.416 e. The summed E-state index contributed by atoms with van der Waals surface area (Å²) in [5, 5.41) is 2.73. The second-order valence-corrected chi connectivity index (χ2v) is 6.19. The van der Waals surface area contributed by atoms with Gasteiger partial charge >= 0.3 is 6.18 Å². The summed E-state index contributed by atoms with van der Waals surface area (Å²) in [6.07, 6.45) is -3.03. The molecule has 2 heterocycles. The summed E-state index contributed by atoms with van der Waals surface area (Å²) in [7, 11) is 0. The third-order valence-electron chi connectivity index (χ3n) is 4.34. The number of amides is 2. The lowest BCUT2D eigenvalue weighted by atomic mass is 10.1. The number of aryl methyl sites for hydroxylation is 1. The first kappa shape index (κ1) is 18.0. The van der Waals surface area contributed by atoms with Gasteiger partial charge in [-0.05, 0) is 24.6 Å². The Hall–Kier alpha value is -2.77. The van der Waals surface area contributed by atoms with E-state index in [1.165, 1.54) is 35.4 Å². The largest absolute Gasteiger partial charge is 0.469 e. The number of furan rings is 1. The molecule has 0 spiro atoms. The molecule has 26 heavy (non-hydrogen) atoms. The molecular formula is C18H17F3N2O3. The van der Waals surface area contributed by atoms with Crippen LogP contribution in [0, 0.1) is 6.92 Å². The van der Waals surface area contributed by atoms with Crippen molar-refractivity contribution in [1.82, 2.24) is 10.2 Å². The van der Waals surface area contributed by atoms with Crippen LogP contribution in [-0.2, 0) is 17.5 Å². The molecule has 2 aromatic rings. The topological polar surface area (TPSA) is 62.6 Å². The number of nitrogens with zero attached hydrogens (tertiary/aromatic N) is 1. The van der Waals surface area contributed by atoms with Crippen LogP contribution >= 0.6 is 0 Å². The number of halogens is 3. The zero-order valence-electron chi connectivity index (χ0n) is 14.0. The van der Waals surface area contributed by atoms with Gasteiger partial charge in [0.05, 0.1) is 23.4 Å². The molecule has 1 atom stereocenters. The lowest BCUT2D eigenvalue weighted by molar-refractivity contribution is -0.139. The number of carbonyl (C=O) groups is 2. The Morgan fingerprint density at radius 1 is 1.31 bits per heavy atom. The molecule has 1 unspecified atom stereocenters. The molecule has 1 fully saturated rings. The SMILES string of the molecule is Cc1occc1C(=O)NC1CC(=O)N(Cc2ccccc2C(F)(F)F)C1. The molecule has 138 valence electrons. The number of hydrogen-bond acceptors (Lipinski definition) is 3. The third kappa shape index (κ3) is 3.74. The van der Waals surface area contributed by atoms with Crippen molar-refractivity contribution in [3.63, 3.8) is 0 Å². The lowest BCUT2D eigenvalue weighted by Crippen LogP contribution is -2.37. The second-order valence-electron chi connectivity index (χ2n) is 6.19. The average molecular weight is 366 g/mol. The van der Waals surface area contributed by atoms with E-state index in [1.807, 2.05) is 0 Å². The molecular weight excluding hydrogens is 349 g/mol. The molecule has 1 aromatic heterocycles. The molecule has 1 aromatic carbocycles. The third-order valence-corrected chi connectivity index (χ3v) is 4.34. The van der Waals surface area contributed by atoms with Gasteiger partial charge in [-0.2, -0.15) is 13.2 Å². The number of rotatable bonds is 4.